The minimum atomic E-state index is -4.40. The standard InChI is InChI=1S/C13H14F3NO2/c14-13(15,16)10-5-3-9(4-6-10)12(19)17-7-1-2-11(18)8-17/h3-6,11,18H,1-2,7-8H2/t11-/m1/s1. The highest BCUT2D eigenvalue weighted by molar-refractivity contribution is 5.94. The molecule has 1 atom stereocenters. The summed E-state index contributed by atoms with van der Waals surface area (Å²) < 4.78 is 37.2. The summed E-state index contributed by atoms with van der Waals surface area (Å²) in [6, 6.07) is 4.14. The van der Waals surface area contributed by atoms with Gasteiger partial charge in [0, 0.05) is 18.7 Å². The first kappa shape index (κ1) is 13.9. The van der Waals surface area contributed by atoms with Gasteiger partial charge in [-0.15, -0.1) is 0 Å². The molecule has 0 spiro atoms. The van der Waals surface area contributed by atoms with E-state index in [0.29, 0.717) is 19.4 Å². The van der Waals surface area contributed by atoms with E-state index in [0.717, 1.165) is 12.1 Å². The van der Waals surface area contributed by atoms with Crippen molar-refractivity contribution in [1.29, 1.82) is 0 Å². The maximum absolute atomic E-state index is 12.4. The van der Waals surface area contributed by atoms with Gasteiger partial charge in [-0.25, -0.2) is 0 Å². The maximum Gasteiger partial charge on any atom is 0.416 e. The third-order valence-corrected chi connectivity index (χ3v) is 3.14. The number of hydrogen-bond donors (Lipinski definition) is 1. The van der Waals surface area contributed by atoms with Crippen LogP contribution in [0, 0.1) is 0 Å². The Labute approximate surface area is 108 Å². The van der Waals surface area contributed by atoms with E-state index in [4.69, 9.17) is 0 Å². The van der Waals surface area contributed by atoms with E-state index in [9.17, 15) is 23.1 Å². The smallest absolute Gasteiger partial charge is 0.391 e. The van der Waals surface area contributed by atoms with Gasteiger partial charge in [0.05, 0.1) is 11.7 Å². The predicted octanol–water partition coefficient (Wildman–Crippen LogP) is 2.30. The maximum atomic E-state index is 12.4. The number of aliphatic hydroxyl groups is 1. The molecule has 1 amide bonds. The van der Waals surface area contributed by atoms with Gasteiger partial charge >= 0.3 is 6.18 Å². The van der Waals surface area contributed by atoms with E-state index in [1.54, 1.807) is 0 Å². The number of piperidine rings is 1. The number of carbonyl (C=O) groups excluding carboxylic acids is 1. The summed E-state index contributed by atoms with van der Waals surface area (Å²) in [6.45, 7) is 0.761. The fourth-order valence-electron chi connectivity index (χ4n) is 2.12. The van der Waals surface area contributed by atoms with Crippen molar-refractivity contribution in [1.82, 2.24) is 4.90 Å². The van der Waals surface area contributed by atoms with Gasteiger partial charge < -0.3 is 10.0 Å². The van der Waals surface area contributed by atoms with Crippen LogP contribution >= 0.6 is 0 Å². The number of halogens is 3. The van der Waals surface area contributed by atoms with E-state index < -0.39 is 17.8 Å². The molecule has 0 aliphatic carbocycles. The summed E-state index contributed by atoms with van der Waals surface area (Å²) in [7, 11) is 0. The van der Waals surface area contributed by atoms with Crippen LogP contribution in [0.2, 0.25) is 0 Å². The van der Waals surface area contributed by atoms with Crippen molar-refractivity contribution in [3.05, 3.63) is 35.4 Å². The first-order valence-electron chi connectivity index (χ1n) is 6.02. The lowest BCUT2D eigenvalue weighted by atomic mass is 10.1. The number of rotatable bonds is 1. The molecule has 1 aromatic carbocycles. The first-order chi connectivity index (χ1) is 8.88. The molecule has 6 heteroatoms. The van der Waals surface area contributed by atoms with Gasteiger partial charge in [-0.2, -0.15) is 13.2 Å². The Morgan fingerprint density at radius 3 is 2.42 bits per heavy atom. The zero-order valence-electron chi connectivity index (χ0n) is 10.2. The Morgan fingerprint density at radius 2 is 1.89 bits per heavy atom. The van der Waals surface area contributed by atoms with Gasteiger partial charge in [0.2, 0.25) is 0 Å². The molecule has 3 nitrogen and oxygen atoms in total. The summed E-state index contributed by atoms with van der Waals surface area (Å²) in [5, 5.41) is 9.48. The van der Waals surface area contributed by atoms with E-state index in [2.05, 4.69) is 0 Å². The molecular formula is C13H14F3NO2. The highest BCUT2D eigenvalue weighted by atomic mass is 19.4. The van der Waals surface area contributed by atoms with Crippen LogP contribution in [0.5, 0.6) is 0 Å². The molecule has 1 aliphatic heterocycles. The predicted molar refractivity (Wildman–Crippen MR) is 62.6 cm³/mol. The van der Waals surface area contributed by atoms with Gasteiger partial charge in [0.15, 0.2) is 0 Å². The molecule has 0 radical (unpaired) electrons. The van der Waals surface area contributed by atoms with Crippen LogP contribution in [-0.2, 0) is 6.18 Å². The van der Waals surface area contributed by atoms with Crippen molar-refractivity contribution in [2.45, 2.75) is 25.1 Å². The average Bonchev–Trinajstić information content (AvgIpc) is 2.37. The summed E-state index contributed by atoms with van der Waals surface area (Å²) >= 11 is 0. The summed E-state index contributed by atoms with van der Waals surface area (Å²) in [4.78, 5) is 13.5. The van der Waals surface area contributed by atoms with Crippen LogP contribution in [0.4, 0.5) is 13.2 Å². The molecule has 1 fully saturated rings. The highest BCUT2D eigenvalue weighted by Crippen LogP contribution is 2.29. The van der Waals surface area contributed by atoms with E-state index >= 15 is 0 Å². The van der Waals surface area contributed by atoms with Gasteiger partial charge in [0.1, 0.15) is 0 Å². The fraction of sp³-hybridized carbons (Fsp3) is 0.462. The first-order valence-corrected chi connectivity index (χ1v) is 6.02. The molecule has 104 valence electrons. The number of amides is 1. The van der Waals surface area contributed by atoms with Gasteiger partial charge in [-0.05, 0) is 37.1 Å². The second-order valence-corrected chi connectivity index (χ2v) is 4.62. The Morgan fingerprint density at radius 1 is 1.26 bits per heavy atom. The molecule has 0 saturated carbocycles. The normalized spacial score (nSPS) is 20.4. The summed E-state index contributed by atoms with van der Waals surface area (Å²) in [5.74, 6) is -0.340. The number of nitrogens with zero attached hydrogens (tertiary/aromatic N) is 1. The van der Waals surface area contributed by atoms with Crippen molar-refractivity contribution in [3.8, 4) is 0 Å². The molecule has 1 aliphatic rings. The molecule has 2 rings (SSSR count). The molecule has 0 aromatic heterocycles. The third-order valence-electron chi connectivity index (χ3n) is 3.14. The van der Waals surface area contributed by atoms with Crippen LogP contribution in [0.3, 0.4) is 0 Å². The second kappa shape index (κ2) is 5.21. The number of likely N-dealkylation sites (tertiary alicyclic amines) is 1. The molecule has 1 heterocycles. The van der Waals surface area contributed by atoms with Crippen molar-refractivity contribution < 1.29 is 23.1 Å². The number of benzene rings is 1. The SMILES string of the molecule is O=C(c1ccc(C(F)(F)F)cc1)N1CCC[C@@H](O)C1. The van der Waals surface area contributed by atoms with Crippen LogP contribution in [-0.4, -0.2) is 35.1 Å². The Kier molecular flexibility index (Phi) is 3.80. The lowest BCUT2D eigenvalue weighted by Crippen LogP contribution is -2.42. The van der Waals surface area contributed by atoms with Crippen molar-refractivity contribution in [3.63, 3.8) is 0 Å². The summed E-state index contributed by atoms with van der Waals surface area (Å²) in [5.41, 5.74) is -0.565. The fourth-order valence-corrected chi connectivity index (χ4v) is 2.12. The van der Waals surface area contributed by atoms with Crippen molar-refractivity contribution in [2.24, 2.45) is 0 Å². The van der Waals surface area contributed by atoms with Gasteiger partial charge in [-0.1, -0.05) is 0 Å². The number of carbonyl (C=O) groups is 1. The topological polar surface area (TPSA) is 40.5 Å². The Bertz CT molecular complexity index is 456. The third kappa shape index (κ3) is 3.26. The van der Waals surface area contributed by atoms with Crippen LogP contribution < -0.4 is 0 Å². The van der Waals surface area contributed by atoms with Crippen molar-refractivity contribution >= 4 is 5.91 Å². The molecule has 19 heavy (non-hydrogen) atoms. The molecule has 0 unspecified atom stereocenters. The number of β-amino-alcohol motifs (C(OH)–C–C–N with tert-alkyl or cyclic N) is 1. The second-order valence-electron chi connectivity index (χ2n) is 4.62. The number of alkyl halides is 3. The largest absolute Gasteiger partial charge is 0.416 e. The van der Waals surface area contributed by atoms with E-state index in [1.165, 1.54) is 17.0 Å². The minimum absolute atomic E-state index is 0.210. The molecule has 1 saturated heterocycles. The summed E-state index contributed by atoms with van der Waals surface area (Å²) in [6.07, 6.45) is -3.60. The molecule has 1 aromatic rings. The van der Waals surface area contributed by atoms with Crippen LogP contribution in [0.25, 0.3) is 0 Å². The van der Waals surface area contributed by atoms with Gasteiger partial charge in [0.25, 0.3) is 5.91 Å². The van der Waals surface area contributed by atoms with Gasteiger partial charge in [-0.3, -0.25) is 4.79 Å². The lowest BCUT2D eigenvalue weighted by molar-refractivity contribution is -0.137. The van der Waals surface area contributed by atoms with Crippen molar-refractivity contribution in [2.75, 3.05) is 13.1 Å². The lowest BCUT2D eigenvalue weighted by Gasteiger charge is -2.30. The number of aliphatic hydroxyl groups excluding tert-OH is 1. The zero-order chi connectivity index (χ0) is 14.0. The monoisotopic (exact) mass is 273 g/mol. The molecular weight excluding hydrogens is 259 g/mol. The molecule has 0 bridgehead atoms. The minimum Gasteiger partial charge on any atom is -0.391 e. The van der Waals surface area contributed by atoms with Crippen LogP contribution in [0.1, 0.15) is 28.8 Å². The average molecular weight is 273 g/mol. The molecule has 1 N–H and O–H groups in total. The highest BCUT2D eigenvalue weighted by Gasteiger charge is 2.30. The quantitative estimate of drug-likeness (QED) is 0.853. The zero-order valence-corrected chi connectivity index (χ0v) is 10.2. The Hall–Kier alpha value is -1.56. The number of hydrogen-bond acceptors (Lipinski definition) is 2. The Balaban J connectivity index is 2.11. The van der Waals surface area contributed by atoms with E-state index in [-0.39, 0.29) is 18.0 Å². The van der Waals surface area contributed by atoms with E-state index in [1.807, 2.05) is 0 Å². The van der Waals surface area contributed by atoms with Crippen LogP contribution in [0.15, 0.2) is 24.3 Å².